The Balaban J connectivity index is 1.98. The molecule has 3 aromatic heterocycles. The van der Waals surface area contributed by atoms with Gasteiger partial charge in [-0.25, -0.2) is 14.6 Å². The standard InChI is InChI=1S/C25H28ClN7O3/c1-6-36-22-17(26)8-7-13(2)19(22)15-9-16(21(28-10-15)25(35)32(4)5)14(3)33-24-20(18(11-34)31-33)23(27)29-12-30-24/h7-10,12,14,34H,6,11H2,1-5H3,(H2,27,29,30). The molecular weight excluding hydrogens is 482 g/mol. The van der Waals surface area contributed by atoms with E-state index in [2.05, 4.69) is 20.1 Å². The van der Waals surface area contributed by atoms with Gasteiger partial charge in [0.25, 0.3) is 5.91 Å². The normalized spacial score (nSPS) is 12.1. The van der Waals surface area contributed by atoms with E-state index in [1.807, 2.05) is 32.9 Å². The molecule has 4 rings (SSSR count). The minimum atomic E-state index is -0.497. The van der Waals surface area contributed by atoms with E-state index in [-0.39, 0.29) is 24.0 Å². The molecule has 0 bridgehead atoms. The average molecular weight is 510 g/mol. The molecule has 1 unspecified atom stereocenters. The van der Waals surface area contributed by atoms with Crippen molar-refractivity contribution in [2.24, 2.45) is 0 Å². The third-order valence-corrected chi connectivity index (χ3v) is 6.28. The summed E-state index contributed by atoms with van der Waals surface area (Å²) in [4.78, 5) is 27.6. The second kappa shape index (κ2) is 10.1. The Morgan fingerprint density at radius 2 is 2.03 bits per heavy atom. The van der Waals surface area contributed by atoms with Crippen LogP contribution in [0.2, 0.25) is 5.02 Å². The van der Waals surface area contributed by atoms with Gasteiger partial charge in [0.15, 0.2) is 5.65 Å². The lowest BCUT2D eigenvalue weighted by Gasteiger charge is -2.21. The summed E-state index contributed by atoms with van der Waals surface area (Å²) in [6, 6.07) is 5.11. The second-order valence-corrected chi connectivity index (χ2v) is 8.95. The number of carbonyl (C=O) groups excluding carboxylic acids is 1. The van der Waals surface area contributed by atoms with Gasteiger partial charge in [-0.3, -0.25) is 9.78 Å². The number of hydrogen-bond acceptors (Lipinski definition) is 8. The number of aliphatic hydroxyl groups is 1. The molecule has 11 heteroatoms. The maximum atomic E-state index is 13.1. The van der Waals surface area contributed by atoms with Gasteiger partial charge in [0.05, 0.1) is 29.7 Å². The van der Waals surface area contributed by atoms with E-state index in [1.54, 1.807) is 31.0 Å². The van der Waals surface area contributed by atoms with Gasteiger partial charge in [-0.05, 0) is 38.5 Å². The first kappa shape index (κ1) is 25.3. The van der Waals surface area contributed by atoms with Gasteiger partial charge >= 0.3 is 0 Å². The van der Waals surface area contributed by atoms with E-state index < -0.39 is 6.04 Å². The van der Waals surface area contributed by atoms with Crippen molar-refractivity contribution in [2.45, 2.75) is 33.4 Å². The number of nitrogens with zero attached hydrogens (tertiary/aromatic N) is 6. The number of nitrogen functional groups attached to an aromatic ring is 1. The molecule has 0 saturated carbocycles. The fraction of sp³-hybridized carbons (Fsp3) is 0.320. The molecule has 3 N–H and O–H groups in total. The summed E-state index contributed by atoms with van der Waals surface area (Å²) >= 11 is 6.48. The van der Waals surface area contributed by atoms with Crippen LogP contribution in [0.3, 0.4) is 0 Å². The number of aliphatic hydroxyl groups excluding tert-OH is 1. The number of hydrogen-bond donors (Lipinski definition) is 2. The van der Waals surface area contributed by atoms with Crippen LogP contribution in [0.4, 0.5) is 5.82 Å². The van der Waals surface area contributed by atoms with Gasteiger partial charge in [-0.15, -0.1) is 0 Å². The molecule has 36 heavy (non-hydrogen) atoms. The lowest BCUT2D eigenvalue weighted by Crippen LogP contribution is -2.26. The van der Waals surface area contributed by atoms with Crippen molar-refractivity contribution >= 4 is 34.4 Å². The van der Waals surface area contributed by atoms with Crippen molar-refractivity contribution in [3.05, 3.63) is 58.3 Å². The fourth-order valence-electron chi connectivity index (χ4n) is 4.21. The Hall–Kier alpha value is -3.76. The van der Waals surface area contributed by atoms with Crippen molar-refractivity contribution in [3.8, 4) is 16.9 Å². The van der Waals surface area contributed by atoms with Crippen LogP contribution >= 0.6 is 11.6 Å². The highest BCUT2D eigenvalue weighted by Crippen LogP contribution is 2.40. The number of benzene rings is 1. The smallest absolute Gasteiger partial charge is 0.272 e. The molecule has 1 aromatic carbocycles. The zero-order chi connectivity index (χ0) is 26.1. The molecular formula is C25H28ClN7O3. The SMILES string of the molecule is CCOc1c(Cl)ccc(C)c1-c1cnc(C(=O)N(C)C)c(C(C)n2nc(CO)c3c(N)ncnc32)c1. The Bertz CT molecular complexity index is 1450. The summed E-state index contributed by atoms with van der Waals surface area (Å²) in [6.07, 6.45) is 2.99. The summed E-state index contributed by atoms with van der Waals surface area (Å²) in [5.41, 5.74) is 10.2. The second-order valence-electron chi connectivity index (χ2n) is 8.55. The lowest BCUT2D eigenvalue weighted by atomic mass is 9.96. The number of aryl methyl sites for hydroxylation is 1. The minimum Gasteiger partial charge on any atom is -0.492 e. The summed E-state index contributed by atoms with van der Waals surface area (Å²) in [6.45, 7) is 5.84. The van der Waals surface area contributed by atoms with Crippen molar-refractivity contribution in [1.82, 2.24) is 29.6 Å². The van der Waals surface area contributed by atoms with E-state index in [1.165, 1.54) is 11.2 Å². The number of ether oxygens (including phenoxy) is 1. The van der Waals surface area contributed by atoms with Crippen LogP contribution < -0.4 is 10.5 Å². The zero-order valence-electron chi connectivity index (χ0n) is 20.8. The van der Waals surface area contributed by atoms with Crippen LogP contribution in [0, 0.1) is 6.92 Å². The number of carbonyl (C=O) groups is 1. The summed E-state index contributed by atoms with van der Waals surface area (Å²) in [7, 11) is 3.34. The molecule has 1 atom stereocenters. The molecule has 1 amide bonds. The number of halogens is 1. The maximum Gasteiger partial charge on any atom is 0.272 e. The summed E-state index contributed by atoms with van der Waals surface area (Å²) < 4.78 is 7.51. The summed E-state index contributed by atoms with van der Waals surface area (Å²) in [5, 5.41) is 15.4. The number of fused-ring (bicyclic) bond motifs is 1. The highest BCUT2D eigenvalue weighted by molar-refractivity contribution is 6.32. The largest absolute Gasteiger partial charge is 0.492 e. The molecule has 0 aliphatic carbocycles. The molecule has 10 nitrogen and oxygen atoms in total. The van der Waals surface area contributed by atoms with E-state index in [9.17, 15) is 9.90 Å². The third kappa shape index (κ3) is 4.33. The minimum absolute atomic E-state index is 0.217. The number of anilines is 1. The summed E-state index contributed by atoms with van der Waals surface area (Å²) in [5.74, 6) is 0.512. The van der Waals surface area contributed by atoms with Gasteiger partial charge in [0, 0.05) is 37.0 Å². The number of aromatic nitrogens is 5. The monoisotopic (exact) mass is 509 g/mol. The molecule has 3 heterocycles. The topological polar surface area (TPSA) is 132 Å². The molecule has 0 fully saturated rings. The Morgan fingerprint density at radius 3 is 2.69 bits per heavy atom. The first-order valence-corrected chi connectivity index (χ1v) is 11.8. The van der Waals surface area contributed by atoms with E-state index in [0.29, 0.717) is 39.7 Å². The van der Waals surface area contributed by atoms with Crippen molar-refractivity contribution in [1.29, 1.82) is 0 Å². The first-order valence-electron chi connectivity index (χ1n) is 11.4. The number of pyridine rings is 1. The Labute approximate surface area is 213 Å². The van der Waals surface area contributed by atoms with Crippen molar-refractivity contribution < 1.29 is 14.6 Å². The van der Waals surface area contributed by atoms with E-state index >= 15 is 0 Å². The van der Waals surface area contributed by atoms with E-state index in [4.69, 9.17) is 22.1 Å². The third-order valence-electron chi connectivity index (χ3n) is 5.98. The van der Waals surface area contributed by atoms with Gasteiger partial charge in [-0.2, -0.15) is 5.10 Å². The molecule has 0 aliphatic rings. The molecule has 188 valence electrons. The van der Waals surface area contributed by atoms with Crippen molar-refractivity contribution in [3.63, 3.8) is 0 Å². The quantitative estimate of drug-likeness (QED) is 0.386. The predicted molar refractivity (Wildman–Crippen MR) is 138 cm³/mol. The van der Waals surface area contributed by atoms with Crippen LogP contribution in [0.15, 0.2) is 30.7 Å². The van der Waals surface area contributed by atoms with Crippen LogP contribution in [0.1, 0.15) is 47.2 Å². The number of amides is 1. The highest BCUT2D eigenvalue weighted by atomic mass is 35.5. The zero-order valence-corrected chi connectivity index (χ0v) is 21.5. The number of rotatable bonds is 7. The maximum absolute atomic E-state index is 13.1. The van der Waals surface area contributed by atoms with Gasteiger partial charge < -0.3 is 20.5 Å². The first-order chi connectivity index (χ1) is 17.2. The predicted octanol–water partition coefficient (Wildman–Crippen LogP) is 3.63. The number of nitrogens with two attached hydrogens (primary N) is 1. The Morgan fingerprint density at radius 1 is 1.28 bits per heavy atom. The average Bonchev–Trinajstić information content (AvgIpc) is 3.25. The fourth-order valence-corrected chi connectivity index (χ4v) is 4.42. The van der Waals surface area contributed by atoms with Crippen LogP contribution in [0.25, 0.3) is 22.2 Å². The highest BCUT2D eigenvalue weighted by Gasteiger charge is 2.26. The molecule has 0 radical (unpaired) electrons. The van der Waals surface area contributed by atoms with Gasteiger partial charge in [0.1, 0.15) is 29.3 Å². The van der Waals surface area contributed by atoms with Crippen molar-refractivity contribution in [2.75, 3.05) is 26.4 Å². The van der Waals surface area contributed by atoms with Crippen LogP contribution in [-0.2, 0) is 6.61 Å². The van der Waals surface area contributed by atoms with Gasteiger partial charge in [0.2, 0.25) is 0 Å². The molecule has 4 aromatic rings. The van der Waals surface area contributed by atoms with Gasteiger partial charge in [-0.1, -0.05) is 17.7 Å². The Kier molecular flexibility index (Phi) is 7.09. The van der Waals surface area contributed by atoms with Crippen LogP contribution in [-0.4, -0.2) is 61.3 Å². The van der Waals surface area contributed by atoms with Crippen LogP contribution in [0.5, 0.6) is 5.75 Å². The van der Waals surface area contributed by atoms with E-state index in [0.717, 1.165) is 16.7 Å². The molecule has 0 saturated heterocycles. The lowest BCUT2D eigenvalue weighted by molar-refractivity contribution is 0.0820. The molecule has 0 spiro atoms. The molecule has 0 aliphatic heterocycles.